The third-order valence-electron chi connectivity index (χ3n) is 4.68. The molecule has 1 aromatic carbocycles. The molecule has 2 heterocycles. The molecule has 1 aromatic heterocycles. The first-order chi connectivity index (χ1) is 12.6. The third-order valence-corrected chi connectivity index (χ3v) is 4.68. The van der Waals surface area contributed by atoms with Gasteiger partial charge in [0.1, 0.15) is 6.04 Å². The van der Waals surface area contributed by atoms with E-state index in [1.165, 1.54) is 10.9 Å². The van der Waals surface area contributed by atoms with Gasteiger partial charge in [-0.1, -0.05) is 12.1 Å². The summed E-state index contributed by atoms with van der Waals surface area (Å²) in [5, 5.41) is 0.532. The highest BCUT2D eigenvalue weighted by atomic mass is 16.5. The van der Waals surface area contributed by atoms with E-state index in [1.807, 2.05) is 6.07 Å². The first-order valence-electron chi connectivity index (χ1n) is 9.02. The molecule has 0 N–H and O–H groups in total. The minimum Gasteiger partial charge on any atom is -0.464 e. The van der Waals surface area contributed by atoms with Gasteiger partial charge in [0, 0.05) is 19.5 Å². The van der Waals surface area contributed by atoms with Gasteiger partial charge in [-0.2, -0.15) is 0 Å². The maximum atomic E-state index is 12.6. The molecule has 0 radical (unpaired) electrons. The number of carbonyl (C=O) groups excluding carboxylic acids is 2. The molecule has 138 valence electrons. The Morgan fingerprint density at radius 2 is 2.08 bits per heavy atom. The quantitative estimate of drug-likeness (QED) is 0.761. The first kappa shape index (κ1) is 18.1. The molecule has 7 nitrogen and oxygen atoms in total. The minimum absolute atomic E-state index is 0.136. The van der Waals surface area contributed by atoms with Crippen molar-refractivity contribution in [1.82, 2.24) is 14.5 Å². The summed E-state index contributed by atoms with van der Waals surface area (Å²) in [5.74, 6) is -0.479. The molecule has 0 spiro atoms. The predicted molar refractivity (Wildman–Crippen MR) is 96.6 cm³/mol. The van der Waals surface area contributed by atoms with Gasteiger partial charge in [-0.25, -0.2) is 9.78 Å². The highest BCUT2D eigenvalue weighted by Crippen LogP contribution is 2.19. The summed E-state index contributed by atoms with van der Waals surface area (Å²) >= 11 is 0. The van der Waals surface area contributed by atoms with Gasteiger partial charge < -0.3 is 9.64 Å². The Labute approximate surface area is 151 Å². The van der Waals surface area contributed by atoms with Gasteiger partial charge in [-0.3, -0.25) is 14.2 Å². The number of amides is 1. The lowest BCUT2D eigenvalue weighted by Gasteiger charge is -2.34. The van der Waals surface area contributed by atoms with E-state index in [2.05, 4.69) is 4.98 Å². The molecule has 26 heavy (non-hydrogen) atoms. The van der Waals surface area contributed by atoms with Crippen molar-refractivity contribution in [2.45, 2.75) is 45.2 Å². The van der Waals surface area contributed by atoms with Crippen LogP contribution in [0.2, 0.25) is 0 Å². The molecule has 2 aromatic rings. The predicted octanol–water partition coefficient (Wildman–Crippen LogP) is 1.73. The van der Waals surface area contributed by atoms with Crippen molar-refractivity contribution in [2.75, 3.05) is 13.2 Å². The summed E-state index contributed by atoms with van der Waals surface area (Å²) in [6, 6.07) is 6.61. The lowest BCUT2D eigenvalue weighted by atomic mass is 10.0. The van der Waals surface area contributed by atoms with Crippen molar-refractivity contribution in [3.05, 3.63) is 40.9 Å². The largest absolute Gasteiger partial charge is 0.464 e. The van der Waals surface area contributed by atoms with Gasteiger partial charge in [-0.15, -0.1) is 0 Å². The van der Waals surface area contributed by atoms with Crippen LogP contribution in [0.4, 0.5) is 0 Å². The number of rotatable bonds is 5. The number of nitrogens with zero attached hydrogens (tertiary/aromatic N) is 3. The number of hydrogen-bond acceptors (Lipinski definition) is 5. The summed E-state index contributed by atoms with van der Waals surface area (Å²) < 4.78 is 6.54. The number of hydrogen-bond donors (Lipinski definition) is 0. The van der Waals surface area contributed by atoms with Gasteiger partial charge >= 0.3 is 5.97 Å². The second kappa shape index (κ2) is 8.12. The van der Waals surface area contributed by atoms with Crippen LogP contribution in [0.1, 0.15) is 32.6 Å². The van der Waals surface area contributed by atoms with E-state index in [1.54, 1.807) is 30.0 Å². The molecular formula is C19H23N3O4. The van der Waals surface area contributed by atoms with Gasteiger partial charge in [0.05, 0.1) is 23.8 Å². The van der Waals surface area contributed by atoms with Crippen LogP contribution < -0.4 is 5.56 Å². The van der Waals surface area contributed by atoms with Crippen molar-refractivity contribution in [3.8, 4) is 0 Å². The SMILES string of the molecule is CCOC(=O)[C@@H]1CCCCN1C(=O)CCn1cnc2ccccc2c1=O. The number of aromatic nitrogens is 2. The molecule has 3 rings (SSSR count). The molecule has 1 aliphatic heterocycles. The highest BCUT2D eigenvalue weighted by molar-refractivity contribution is 5.84. The average molecular weight is 357 g/mol. The topological polar surface area (TPSA) is 81.5 Å². The van der Waals surface area contributed by atoms with E-state index >= 15 is 0 Å². The average Bonchev–Trinajstić information content (AvgIpc) is 2.67. The summed E-state index contributed by atoms with van der Waals surface area (Å²) in [5.41, 5.74) is 0.475. The van der Waals surface area contributed by atoms with E-state index in [4.69, 9.17) is 4.74 Å². The normalized spacial score (nSPS) is 17.3. The number of carbonyl (C=O) groups is 2. The smallest absolute Gasteiger partial charge is 0.328 e. The number of ether oxygens (including phenoxy) is 1. The van der Waals surface area contributed by atoms with E-state index < -0.39 is 6.04 Å². The number of likely N-dealkylation sites (tertiary alicyclic amines) is 1. The summed E-state index contributed by atoms with van der Waals surface area (Å²) in [6.07, 6.45) is 4.02. The van der Waals surface area contributed by atoms with E-state index in [0.29, 0.717) is 30.5 Å². The second-order valence-corrected chi connectivity index (χ2v) is 6.36. The molecule has 1 aliphatic rings. The Morgan fingerprint density at radius 1 is 1.27 bits per heavy atom. The van der Waals surface area contributed by atoms with Crippen molar-refractivity contribution in [2.24, 2.45) is 0 Å². The number of fused-ring (bicyclic) bond motifs is 1. The number of esters is 1. The van der Waals surface area contributed by atoms with Crippen molar-refractivity contribution in [1.29, 1.82) is 0 Å². The van der Waals surface area contributed by atoms with Crippen LogP contribution in [0.3, 0.4) is 0 Å². The monoisotopic (exact) mass is 357 g/mol. The second-order valence-electron chi connectivity index (χ2n) is 6.36. The Kier molecular flexibility index (Phi) is 5.65. The maximum absolute atomic E-state index is 12.6. The zero-order chi connectivity index (χ0) is 18.5. The van der Waals surface area contributed by atoms with Crippen LogP contribution in [0.25, 0.3) is 10.9 Å². The molecular weight excluding hydrogens is 334 g/mol. The third kappa shape index (κ3) is 3.76. The minimum atomic E-state index is -0.511. The Hall–Kier alpha value is -2.70. The van der Waals surface area contributed by atoms with Crippen LogP contribution in [0.5, 0.6) is 0 Å². The molecule has 0 aliphatic carbocycles. The molecule has 1 fully saturated rings. The van der Waals surface area contributed by atoms with Crippen LogP contribution in [-0.2, 0) is 20.9 Å². The van der Waals surface area contributed by atoms with Gasteiger partial charge in [0.25, 0.3) is 5.56 Å². The molecule has 0 bridgehead atoms. The lowest BCUT2D eigenvalue weighted by Crippen LogP contribution is -2.49. The zero-order valence-electron chi connectivity index (χ0n) is 14.9. The van der Waals surface area contributed by atoms with Crippen LogP contribution in [-0.4, -0.2) is 45.5 Å². The van der Waals surface area contributed by atoms with Gasteiger partial charge in [0.2, 0.25) is 5.91 Å². The fourth-order valence-electron chi connectivity index (χ4n) is 3.34. The molecule has 7 heteroatoms. The summed E-state index contributed by atoms with van der Waals surface area (Å²) in [7, 11) is 0. The van der Waals surface area contributed by atoms with Gasteiger partial charge in [-0.05, 0) is 38.3 Å². The lowest BCUT2D eigenvalue weighted by molar-refractivity contribution is -0.156. The van der Waals surface area contributed by atoms with Crippen molar-refractivity contribution >= 4 is 22.8 Å². The summed E-state index contributed by atoms with van der Waals surface area (Å²) in [6.45, 7) is 2.84. The molecule has 1 atom stereocenters. The van der Waals surface area contributed by atoms with Crippen LogP contribution >= 0.6 is 0 Å². The Morgan fingerprint density at radius 3 is 2.88 bits per heavy atom. The van der Waals surface area contributed by atoms with E-state index in [-0.39, 0.29) is 30.4 Å². The number of piperidine rings is 1. The van der Waals surface area contributed by atoms with E-state index in [0.717, 1.165) is 12.8 Å². The summed E-state index contributed by atoms with van der Waals surface area (Å²) in [4.78, 5) is 43.1. The van der Waals surface area contributed by atoms with Crippen LogP contribution in [0.15, 0.2) is 35.4 Å². The highest BCUT2D eigenvalue weighted by Gasteiger charge is 2.32. The van der Waals surface area contributed by atoms with Crippen LogP contribution in [0, 0.1) is 0 Å². The maximum Gasteiger partial charge on any atom is 0.328 e. The van der Waals surface area contributed by atoms with Crippen molar-refractivity contribution in [3.63, 3.8) is 0 Å². The number of para-hydroxylation sites is 1. The molecule has 0 unspecified atom stereocenters. The Bertz CT molecular complexity index is 861. The van der Waals surface area contributed by atoms with E-state index in [9.17, 15) is 14.4 Å². The fourth-order valence-corrected chi connectivity index (χ4v) is 3.34. The van der Waals surface area contributed by atoms with Gasteiger partial charge in [0.15, 0.2) is 0 Å². The Balaban J connectivity index is 1.70. The number of benzene rings is 1. The first-order valence-corrected chi connectivity index (χ1v) is 9.02. The fraction of sp³-hybridized carbons (Fsp3) is 0.474. The molecule has 0 saturated carbocycles. The molecule has 1 saturated heterocycles. The standard InChI is InChI=1S/C19H23N3O4/c1-2-26-19(25)16-9-5-6-11-22(16)17(23)10-12-21-13-20-15-8-4-3-7-14(15)18(21)24/h3-4,7-8,13,16H,2,5-6,9-12H2,1H3/t16-/m0/s1. The zero-order valence-corrected chi connectivity index (χ0v) is 14.9. The molecule has 1 amide bonds. The number of aryl methyl sites for hydroxylation is 1. The van der Waals surface area contributed by atoms with Crippen molar-refractivity contribution < 1.29 is 14.3 Å².